The highest BCUT2D eigenvalue weighted by Gasteiger charge is 2.23. The van der Waals surface area contributed by atoms with Gasteiger partial charge in [0.05, 0.1) is 10.4 Å². The Morgan fingerprint density at radius 1 is 1.17 bits per heavy atom. The van der Waals surface area contributed by atoms with Crippen LogP contribution in [0.2, 0.25) is 5.02 Å². The second-order valence-electron chi connectivity index (χ2n) is 8.62. The number of piperidine rings is 1. The maximum atomic E-state index is 13.8. The van der Waals surface area contributed by atoms with Gasteiger partial charge < -0.3 is 23.6 Å². The fourth-order valence-electron chi connectivity index (χ4n) is 4.41. The molecule has 0 bridgehead atoms. The molecule has 1 aliphatic rings. The summed E-state index contributed by atoms with van der Waals surface area (Å²) in [6.07, 6.45) is 1.16. The number of hydrogen-bond donors (Lipinski definition) is 1. The summed E-state index contributed by atoms with van der Waals surface area (Å²) in [5.41, 5.74) is 1.62. The first-order valence-corrected chi connectivity index (χ1v) is 11.7. The van der Waals surface area contributed by atoms with E-state index < -0.39 is 6.10 Å². The molecule has 35 heavy (non-hydrogen) atoms. The van der Waals surface area contributed by atoms with E-state index in [2.05, 4.69) is 15.1 Å². The van der Waals surface area contributed by atoms with Crippen LogP contribution in [0.15, 0.2) is 51.3 Å². The molecule has 0 unspecified atom stereocenters. The van der Waals surface area contributed by atoms with Crippen molar-refractivity contribution in [2.24, 2.45) is 0 Å². The minimum atomic E-state index is -0.648. The molecule has 0 aliphatic carbocycles. The lowest BCUT2D eigenvalue weighted by molar-refractivity contribution is 0.0599. The molecule has 0 amide bonds. The molecule has 2 aromatic heterocycles. The lowest BCUT2D eigenvalue weighted by Crippen LogP contribution is -2.40. The number of aromatic nitrogens is 2. The molecular formula is C25H26Cl2FN3O4. The third-order valence-electron chi connectivity index (χ3n) is 6.16. The van der Waals surface area contributed by atoms with Gasteiger partial charge >= 0.3 is 0 Å². The zero-order valence-corrected chi connectivity index (χ0v) is 20.7. The van der Waals surface area contributed by atoms with Gasteiger partial charge in [0.1, 0.15) is 29.9 Å². The Hall–Kier alpha value is -2.65. The van der Waals surface area contributed by atoms with Crippen molar-refractivity contribution in [1.29, 1.82) is 0 Å². The lowest BCUT2D eigenvalue weighted by Gasteiger charge is -2.33. The number of nitrogens with zero attached hydrogens (tertiary/aromatic N) is 3. The summed E-state index contributed by atoms with van der Waals surface area (Å²) in [4.78, 5) is 2.21. The second kappa shape index (κ2) is 11.0. The number of hydrogen-bond acceptors (Lipinski definition) is 7. The normalized spacial score (nSPS) is 15.8. The molecule has 1 fully saturated rings. The molecule has 1 aliphatic heterocycles. The van der Waals surface area contributed by atoms with Crippen molar-refractivity contribution in [1.82, 2.24) is 15.1 Å². The van der Waals surface area contributed by atoms with Crippen LogP contribution in [0.4, 0.5) is 4.39 Å². The van der Waals surface area contributed by atoms with Crippen LogP contribution in [-0.4, -0.2) is 52.5 Å². The number of β-amino-alcohol motifs (C(OH)–C–C–N with tert-alkyl or cyclic N) is 1. The Labute approximate surface area is 213 Å². The molecule has 7 nitrogen and oxygen atoms in total. The van der Waals surface area contributed by atoms with E-state index in [1.165, 1.54) is 6.07 Å². The van der Waals surface area contributed by atoms with Crippen molar-refractivity contribution in [3.05, 3.63) is 64.8 Å². The average Bonchev–Trinajstić information content (AvgIpc) is 3.46. The van der Waals surface area contributed by atoms with Gasteiger partial charge in [-0.05, 0) is 61.7 Å². The number of fused-ring (bicyclic) bond motifs is 1. The van der Waals surface area contributed by atoms with Gasteiger partial charge in [-0.1, -0.05) is 23.7 Å². The number of aliphatic hydroxyl groups excluding tert-OH is 1. The number of aryl methyl sites for hydroxylation is 1. The van der Waals surface area contributed by atoms with Crippen LogP contribution in [-0.2, 0) is 0 Å². The third kappa shape index (κ3) is 5.78. The zero-order chi connectivity index (χ0) is 23.7. The Bertz CT molecular complexity index is 1290. The Morgan fingerprint density at radius 2 is 1.97 bits per heavy atom. The van der Waals surface area contributed by atoms with Crippen LogP contribution in [0.25, 0.3) is 22.6 Å². The van der Waals surface area contributed by atoms with Crippen molar-refractivity contribution in [3.63, 3.8) is 0 Å². The smallest absolute Gasteiger partial charge is 0.283 e. The van der Waals surface area contributed by atoms with Gasteiger partial charge in [0.2, 0.25) is 5.89 Å². The molecule has 5 rings (SSSR count). The minimum absolute atomic E-state index is 0. The molecule has 1 saturated heterocycles. The maximum Gasteiger partial charge on any atom is 0.283 e. The highest BCUT2D eigenvalue weighted by Crippen LogP contribution is 2.33. The largest absolute Gasteiger partial charge is 0.490 e. The summed E-state index contributed by atoms with van der Waals surface area (Å²) in [6, 6.07) is 12.4. The molecular weight excluding hydrogens is 496 g/mol. The first-order chi connectivity index (χ1) is 16.5. The number of furan rings is 1. The summed E-state index contributed by atoms with van der Waals surface area (Å²) in [6.45, 7) is 4.04. The Kier molecular flexibility index (Phi) is 7.96. The molecule has 2 aromatic carbocycles. The van der Waals surface area contributed by atoms with E-state index in [0.29, 0.717) is 41.3 Å². The standard InChI is InChI=1S/C25H25ClFN3O4.ClH/c1-15-28-29-25(33-15)24-12-19-22(3-2-4-23(19)34-24)32-14-18(31)13-30-9-7-16(8-10-30)17-5-6-20(26)21(27)11-17;/h2-6,11-12,16,18,31H,7-10,13-14H2,1H3;1H/t18-;/m0./s1. The molecule has 1 atom stereocenters. The molecule has 4 aromatic rings. The highest BCUT2D eigenvalue weighted by molar-refractivity contribution is 6.30. The van der Waals surface area contributed by atoms with Crippen LogP contribution in [0.5, 0.6) is 5.75 Å². The van der Waals surface area contributed by atoms with Crippen molar-refractivity contribution >= 4 is 35.0 Å². The van der Waals surface area contributed by atoms with Crippen LogP contribution in [0.1, 0.15) is 30.2 Å². The second-order valence-corrected chi connectivity index (χ2v) is 9.03. The van der Waals surface area contributed by atoms with E-state index in [4.69, 9.17) is 25.2 Å². The van der Waals surface area contributed by atoms with Gasteiger partial charge in [-0.3, -0.25) is 0 Å². The van der Waals surface area contributed by atoms with E-state index in [0.717, 1.165) is 36.9 Å². The molecule has 0 saturated carbocycles. The zero-order valence-electron chi connectivity index (χ0n) is 19.1. The number of ether oxygens (including phenoxy) is 1. The number of rotatable bonds is 7. The fourth-order valence-corrected chi connectivity index (χ4v) is 4.53. The van der Waals surface area contributed by atoms with Crippen LogP contribution in [0.3, 0.4) is 0 Å². The summed E-state index contributed by atoms with van der Waals surface area (Å²) >= 11 is 5.80. The van der Waals surface area contributed by atoms with E-state index in [-0.39, 0.29) is 29.9 Å². The van der Waals surface area contributed by atoms with Crippen LogP contribution < -0.4 is 4.74 Å². The van der Waals surface area contributed by atoms with Gasteiger partial charge in [-0.2, -0.15) is 0 Å². The van der Waals surface area contributed by atoms with Crippen LogP contribution in [0, 0.1) is 12.7 Å². The lowest BCUT2D eigenvalue weighted by atomic mass is 9.89. The SMILES string of the molecule is Cc1nnc(-c2cc3c(OC[C@@H](O)CN4CCC(c5ccc(Cl)c(F)c5)CC4)cccc3o2)o1.Cl. The van der Waals surface area contributed by atoms with Gasteiger partial charge in [0, 0.05) is 19.5 Å². The molecule has 0 radical (unpaired) electrons. The minimum Gasteiger partial charge on any atom is -0.490 e. The van der Waals surface area contributed by atoms with E-state index in [9.17, 15) is 9.50 Å². The van der Waals surface area contributed by atoms with Gasteiger partial charge in [-0.15, -0.1) is 22.6 Å². The van der Waals surface area contributed by atoms with Crippen molar-refractivity contribution in [3.8, 4) is 17.4 Å². The quantitative estimate of drug-likeness (QED) is 0.337. The van der Waals surface area contributed by atoms with E-state index in [1.807, 2.05) is 24.3 Å². The third-order valence-corrected chi connectivity index (χ3v) is 6.47. The Morgan fingerprint density at radius 3 is 2.69 bits per heavy atom. The predicted octanol–water partition coefficient (Wildman–Crippen LogP) is 5.62. The summed E-state index contributed by atoms with van der Waals surface area (Å²) in [5, 5.41) is 19.3. The average molecular weight is 522 g/mol. The van der Waals surface area contributed by atoms with Crippen molar-refractivity contribution < 1.29 is 23.1 Å². The molecule has 1 N–H and O–H groups in total. The number of likely N-dealkylation sites (tertiary alicyclic amines) is 1. The molecule has 10 heteroatoms. The van der Waals surface area contributed by atoms with Crippen LogP contribution >= 0.6 is 24.0 Å². The number of halogens is 3. The molecule has 3 heterocycles. The summed E-state index contributed by atoms with van der Waals surface area (Å²) in [5.74, 6) is 1.78. The Balaban J connectivity index is 0.00000289. The molecule has 186 valence electrons. The van der Waals surface area contributed by atoms with Gasteiger partial charge in [0.15, 0.2) is 5.76 Å². The topological polar surface area (TPSA) is 84.8 Å². The summed E-state index contributed by atoms with van der Waals surface area (Å²) in [7, 11) is 0. The van der Waals surface area contributed by atoms with E-state index in [1.54, 1.807) is 19.1 Å². The van der Waals surface area contributed by atoms with Crippen molar-refractivity contribution in [2.75, 3.05) is 26.2 Å². The monoisotopic (exact) mass is 521 g/mol. The molecule has 0 spiro atoms. The van der Waals surface area contributed by atoms with E-state index >= 15 is 0 Å². The highest BCUT2D eigenvalue weighted by atomic mass is 35.5. The van der Waals surface area contributed by atoms with Gasteiger partial charge in [-0.25, -0.2) is 4.39 Å². The number of benzene rings is 2. The predicted molar refractivity (Wildman–Crippen MR) is 133 cm³/mol. The fraction of sp³-hybridized carbons (Fsp3) is 0.360. The summed E-state index contributed by atoms with van der Waals surface area (Å²) < 4.78 is 31.0. The maximum absolute atomic E-state index is 13.8. The van der Waals surface area contributed by atoms with Gasteiger partial charge in [0.25, 0.3) is 5.89 Å². The first kappa shape index (κ1) is 25.4. The first-order valence-electron chi connectivity index (χ1n) is 11.3. The van der Waals surface area contributed by atoms with Crippen molar-refractivity contribution in [2.45, 2.75) is 31.8 Å². The number of aliphatic hydroxyl groups is 1.